The Balaban J connectivity index is 2.13. The van der Waals surface area contributed by atoms with Crippen LogP contribution in [0.1, 0.15) is 11.1 Å². The highest BCUT2D eigenvalue weighted by Crippen LogP contribution is 2.32. The molecule has 20 heavy (non-hydrogen) atoms. The summed E-state index contributed by atoms with van der Waals surface area (Å²) in [7, 11) is 0. The highest BCUT2D eigenvalue weighted by molar-refractivity contribution is 6.40. The minimum absolute atomic E-state index is 0.275. The first-order chi connectivity index (χ1) is 9.58. The maximum Gasteiger partial charge on any atom is 0.248 e. The van der Waals surface area contributed by atoms with Crippen molar-refractivity contribution in [2.45, 2.75) is 6.92 Å². The highest BCUT2D eigenvalue weighted by atomic mass is 35.5. The molecule has 2 rings (SSSR count). The minimum atomic E-state index is -0.275. The van der Waals surface area contributed by atoms with Crippen molar-refractivity contribution >= 4 is 40.9 Å². The first kappa shape index (κ1) is 14.6. The van der Waals surface area contributed by atoms with Gasteiger partial charge in [-0.2, -0.15) is 0 Å². The van der Waals surface area contributed by atoms with Gasteiger partial charge in [0.05, 0.1) is 15.7 Å². The molecule has 4 heteroatoms. The molecule has 0 bridgehead atoms. The molecular formula is C16H13Cl2NO. The van der Waals surface area contributed by atoms with Crippen molar-refractivity contribution in [1.82, 2.24) is 0 Å². The number of nitrogens with one attached hydrogen (secondary N) is 1. The third-order valence-corrected chi connectivity index (χ3v) is 3.56. The van der Waals surface area contributed by atoms with Crippen LogP contribution in [0.25, 0.3) is 6.08 Å². The van der Waals surface area contributed by atoms with Crippen LogP contribution in [0.4, 0.5) is 5.69 Å². The lowest BCUT2D eigenvalue weighted by Gasteiger charge is -2.09. The molecule has 0 aromatic heterocycles. The van der Waals surface area contributed by atoms with Crippen molar-refractivity contribution in [3.05, 3.63) is 69.7 Å². The summed E-state index contributed by atoms with van der Waals surface area (Å²) >= 11 is 12.2. The number of halogens is 2. The number of benzene rings is 2. The van der Waals surface area contributed by atoms with Gasteiger partial charge in [-0.05, 0) is 30.2 Å². The lowest BCUT2D eigenvalue weighted by Crippen LogP contribution is -2.09. The standard InChI is InChI=1S/C16H13Cl2NO/c1-11-7-9-13(17)16(15(11)18)19-14(20)10-8-12-5-3-2-4-6-12/h2-10H,1H3,(H,19,20). The fourth-order valence-corrected chi connectivity index (χ4v) is 2.14. The van der Waals surface area contributed by atoms with Gasteiger partial charge in [0.15, 0.2) is 0 Å². The Hall–Kier alpha value is -1.77. The molecule has 0 saturated heterocycles. The Kier molecular flexibility index (Phi) is 4.83. The Morgan fingerprint density at radius 3 is 2.50 bits per heavy atom. The van der Waals surface area contributed by atoms with Crippen LogP contribution in [0.3, 0.4) is 0 Å². The Labute approximate surface area is 128 Å². The number of carbonyl (C=O) groups excluding carboxylic acids is 1. The number of rotatable bonds is 3. The van der Waals surface area contributed by atoms with E-state index in [1.807, 2.05) is 37.3 Å². The zero-order valence-corrected chi connectivity index (χ0v) is 12.4. The van der Waals surface area contributed by atoms with E-state index in [1.165, 1.54) is 6.08 Å². The van der Waals surface area contributed by atoms with Crippen LogP contribution in [0, 0.1) is 6.92 Å². The zero-order valence-electron chi connectivity index (χ0n) is 10.9. The highest BCUT2D eigenvalue weighted by Gasteiger charge is 2.10. The smallest absolute Gasteiger partial charge is 0.248 e. The molecule has 102 valence electrons. The summed E-state index contributed by atoms with van der Waals surface area (Å²) in [4.78, 5) is 11.9. The van der Waals surface area contributed by atoms with E-state index in [-0.39, 0.29) is 5.91 Å². The third kappa shape index (κ3) is 3.62. The van der Waals surface area contributed by atoms with Crippen LogP contribution in [0.5, 0.6) is 0 Å². The second-order valence-corrected chi connectivity index (χ2v) is 5.07. The average Bonchev–Trinajstić information content (AvgIpc) is 2.46. The van der Waals surface area contributed by atoms with Crippen LogP contribution in [0.2, 0.25) is 10.0 Å². The molecule has 1 amide bonds. The second-order valence-electron chi connectivity index (χ2n) is 4.29. The van der Waals surface area contributed by atoms with Gasteiger partial charge in [-0.1, -0.05) is 59.6 Å². The summed E-state index contributed by atoms with van der Waals surface area (Å²) in [5, 5.41) is 3.58. The predicted octanol–water partition coefficient (Wildman–Crippen LogP) is 4.95. The second kappa shape index (κ2) is 6.60. The van der Waals surface area contributed by atoms with E-state index in [4.69, 9.17) is 23.2 Å². The van der Waals surface area contributed by atoms with E-state index >= 15 is 0 Å². The first-order valence-corrected chi connectivity index (χ1v) is 6.82. The van der Waals surface area contributed by atoms with E-state index in [1.54, 1.807) is 18.2 Å². The van der Waals surface area contributed by atoms with Crippen molar-refractivity contribution in [3.8, 4) is 0 Å². The molecule has 2 aromatic carbocycles. The summed E-state index contributed by atoms with van der Waals surface area (Å²) < 4.78 is 0. The van der Waals surface area contributed by atoms with E-state index in [0.29, 0.717) is 15.7 Å². The zero-order chi connectivity index (χ0) is 14.5. The fraction of sp³-hybridized carbons (Fsp3) is 0.0625. The number of hydrogen-bond donors (Lipinski definition) is 1. The maximum absolute atomic E-state index is 11.9. The number of amides is 1. The van der Waals surface area contributed by atoms with Crippen molar-refractivity contribution in [2.24, 2.45) is 0 Å². The number of aryl methyl sites for hydroxylation is 1. The molecule has 0 fully saturated rings. The number of anilines is 1. The number of carbonyl (C=O) groups is 1. The van der Waals surface area contributed by atoms with Gasteiger partial charge in [0.25, 0.3) is 0 Å². The van der Waals surface area contributed by atoms with Gasteiger partial charge in [0, 0.05) is 6.08 Å². The molecule has 2 aromatic rings. The lowest BCUT2D eigenvalue weighted by molar-refractivity contribution is -0.111. The lowest BCUT2D eigenvalue weighted by atomic mass is 10.2. The largest absolute Gasteiger partial charge is 0.320 e. The van der Waals surface area contributed by atoms with Gasteiger partial charge in [-0.25, -0.2) is 0 Å². The van der Waals surface area contributed by atoms with Crippen LogP contribution < -0.4 is 5.32 Å². The molecule has 0 aliphatic heterocycles. The van der Waals surface area contributed by atoms with Gasteiger partial charge in [0.2, 0.25) is 5.91 Å². The monoisotopic (exact) mass is 305 g/mol. The van der Waals surface area contributed by atoms with E-state index in [9.17, 15) is 4.79 Å². The van der Waals surface area contributed by atoms with Crippen LogP contribution in [-0.2, 0) is 4.79 Å². The van der Waals surface area contributed by atoms with Crippen molar-refractivity contribution in [3.63, 3.8) is 0 Å². The summed E-state index contributed by atoms with van der Waals surface area (Å²) in [6.07, 6.45) is 3.18. The summed E-state index contributed by atoms with van der Waals surface area (Å²) in [6, 6.07) is 13.1. The van der Waals surface area contributed by atoms with E-state index in [2.05, 4.69) is 5.32 Å². The maximum atomic E-state index is 11.9. The number of hydrogen-bond acceptors (Lipinski definition) is 1. The van der Waals surface area contributed by atoms with Crippen molar-refractivity contribution < 1.29 is 4.79 Å². The summed E-state index contributed by atoms with van der Waals surface area (Å²) in [5.41, 5.74) is 2.25. The van der Waals surface area contributed by atoms with Crippen LogP contribution in [-0.4, -0.2) is 5.91 Å². The molecule has 0 spiro atoms. The molecule has 0 aliphatic rings. The van der Waals surface area contributed by atoms with Gasteiger partial charge in [-0.15, -0.1) is 0 Å². The molecule has 0 unspecified atom stereocenters. The third-order valence-electron chi connectivity index (χ3n) is 2.76. The first-order valence-electron chi connectivity index (χ1n) is 6.06. The molecular weight excluding hydrogens is 293 g/mol. The van der Waals surface area contributed by atoms with Crippen LogP contribution in [0.15, 0.2) is 48.5 Å². The normalized spacial score (nSPS) is 10.8. The quantitative estimate of drug-likeness (QED) is 0.798. The topological polar surface area (TPSA) is 29.1 Å². The molecule has 0 heterocycles. The predicted molar refractivity (Wildman–Crippen MR) is 85.3 cm³/mol. The summed E-state index contributed by atoms with van der Waals surface area (Å²) in [5.74, 6) is -0.275. The molecule has 0 radical (unpaired) electrons. The van der Waals surface area contributed by atoms with E-state index in [0.717, 1.165) is 11.1 Å². The molecule has 0 saturated carbocycles. The minimum Gasteiger partial charge on any atom is -0.320 e. The molecule has 1 N–H and O–H groups in total. The van der Waals surface area contributed by atoms with Crippen molar-refractivity contribution in [1.29, 1.82) is 0 Å². The van der Waals surface area contributed by atoms with Crippen molar-refractivity contribution in [2.75, 3.05) is 5.32 Å². The van der Waals surface area contributed by atoms with Gasteiger partial charge in [0.1, 0.15) is 0 Å². The van der Waals surface area contributed by atoms with Gasteiger partial charge < -0.3 is 5.32 Å². The van der Waals surface area contributed by atoms with E-state index < -0.39 is 0 Å². The average molecular weight is 306 g/mol. The van der Waals surface area contributed by atoms with Crippen LogP contribution >= 0.6 is 23.2 Å². The molecule has 0 atom stereocenters. The SMILES string of the molecule is Cc1ccc(Cl)c(NC(=O)C=Cc2ccccc2)c1Cl. The molecule has 0 aliphatic carbocycles. The molecule has 2 nitrogen and oxygen atoms in total. The Morgan fingerprint density at radius 1 is 1.10 bits per heavy atom. The summed E-state index contributed by atoms with van der Waals surface area (Å²) in [6.45, 7) is 1.86. The Bertz CT molecular complexity index is 651. The van der Waals surface area contributed by atoms with Gasteiger partial charge >= 0.3 is 0 Å². The fourth-order valence-electron chi connectivity index (χ4n) is 1.67. The van der Waals surface area contributed by atoms with Gasteiger partial charge in [-0.3, -0.25) is 4.79 Å². The Morgan fingerprint density at radius 2 is 1.80 bits per heavy atom.